The average molecular weight is 808 g/mol. The van der Waals surface area contributed by atoms with Crippen molar-refractivity contribution in [2.24, 2.45) is 0 Å². The van der Waals surface area contributed by atoms with Gasteiger partial charge in [0, 0.05) is 12.8 Å². The zero-order valence-corrected chi connectivity index (χ0v) is 38.6. The van der Waals surface area contributed by atoms with E-state index in [0.717, 1.165) is 57.8 Å². The predicted molar refractivity (Wildman–Crippen MR) is 246 cm³/mol. The molecule has 340 valence electrons. The lowest BCUT2D eigenvalue weighted by molar-refractivity contribution is -0.143. The maximum Gasteiger partial charge on any atom is 0.305 e. The third-order valence-corrected chi connectivity index (χ3v) is 12.2. The number of unbranched alkanes of at least 4 members (excludes halogenated alkanes) is 37. The van der Waals surface area contributed by atoms with Crippen LogP contribution in [0.25, 0.3) is 0 Å². The Morgan fingerprint density at radius 3 is 1.07 bits per heavy atom. The Hall–Kier alpha value is -1.14. The van der Waals surface area contributed by atoms with Gasteiger partial charge in [0.1, 0.15) is 0 Å². The van der Waals surface area contributed by atoms with Gasteiger partial charge in [0.25, 0.3) is 0 Å². The second-order valence-electron chi connectivity index (χ2n) is 17.9. The van der Waals surface area contributed by atoms with Crippen LogP contribution in [0.4, 0.5) is 0 Å². The highest BCUT2D eigenvalue weighted by atomic mass is 16.5. The second-order valence-corrected chi connectivity index (χ2v) is 17.9. The number of hydrogen-bond donors (Lipinski definition) is 3. The summed E-state index contributed by atoms with van der Waals surface area (Å²) in [5.74, 6) is -0.0622. The molecule has 0 aromatic heterocycles. The highest BCUT2D eigenvalue weighted by Crippen LogP contribution is 2.17. The van der Waals surface area contributed by atoms with Crippen molar-refractivity contribution in [3.8, 4) is 0 Å². The van der Waals surface area contributed by atoms with Crippen LogP contribution in [0.15, 0.2) is 0 Å². The molecule has 2 unspecified atom stereocenters. The summed E-state index contributed by atoms with van der Waals surface area (Å²) in [7, 11) is 0. The van der Waals surface area contributed by atoms with E-state index < -0.39 is 12.1 Å². The fraction of sp³-hybridized carbons (Fsp3) is 0.961. The van der Waals surface area contributed by atoms with Gasteiger partial charge in [0.2, 0.25) is 5.91 Å². The Kier molecular flexibility index (Phi) is 46.6. The number of carbonyl (C=O) groups is 2. The fourth-order valence-corrected chi connectivity index (χ4v) is 8.17. The number of aliphatic hydroxyl groups is 2. The third-order valence-electron chi connectivity index (χ3n) is 12.2. The molecule has 0 aromatic rings. The first kappa shape index (κ1) is 55.9. The molecule has 6 heteroatoms. The van der Waals surface area contributed by atoms with Gasteiger partial charge in [-0.25, -0.2) is 0 Å². The van der Waals surface area contributed by atoms with Crippen molar-refractivity contribution in [2.75, 3.05) is 13.2 Å². The van der Waals surface area contributed by atoms with E-state index in [9.17, 15) is 19.8 Å². The van der Waals surface area contributed by atoms with Crippen LogP contribution in [-0.4, -0.2) is 47.4 Å². The molecule has 0 saturated carbocycles. The van der Waals surface area contributed by atoms with Gasteiger partial charge < -0.3 is 20.3 Å². The van der Waals surface area contributed by atoms with Crippen LogP contribution in [-0.2, 0) is 14.3 Å². The molecular formula is C51H101NO5. The molecule has 57 heavy (non-hydrogen) atoms. The molecule has 0 heterocycles. The Bertz CT molecular complexity index is 806. The van der Waals surface area contributed by atoms with Gasteiger partial charge >= 0.3 is 5.97 Å². The van der Waals surface area contributed by atoms with Crippen LogP contribution in [0, 0.1) is 0 Å². The molecule has 0 aliphatic rings. The predicted octanol–water partition coefficient (Wildman–Crippen LogP) is 15.2. The minimum atomic E-state index is -0.674. The van der Waals surface area contributed by atoms with E-state index >= 15 is 0 Å². The number of nitrogens with one attached hydrogen (secondary N) is 1. The summed E-state index contributed by atoms with van der Waals surface area (Å²) in [5, 5.41) is 23.2. The van der Waals surface area contributed by atoms with Crippen molar-refractivity contribution >= 4 is 11.9 Å². The van der Waals surface area contributed by atoms with E-state index in [-0.39, 0.29) is 18.5 Å². The number of ether oxygens (including phenoxy) is 1. The first-order valence-corrected chi connectivity index (χ1v) is 25.8. The van der Waals surface area contributed by atoms with Crippen LogP contribution in [0.3, 0.4) is 0 Å². The van der Waals surface area contributed by atoms with Crippen molar-refractivity contribution in [3.05, 3.63) is 0 Å². The first-order valence-electron chi connectivity index (χ1n) is 25.8. The summed E-state index contributed by atoms with van der Waals surface area (Å²) < 4.78 is 5.46. The van der Waals surface area contributed by atoms with Crippen LogP contribution >= 0.6 is 0 Å². The van der Waals surface area contributed by atoms with Gasteiger partial charge in [0.15, 0.2) is 0 Å². The molecule has 0 radical (unpaired) electrons. The quantitative estimate of drug-likeness (QED) is 0.0420. The summed E-state index contributed by atoms with van der Waals surface area (Å²) in [4.78, 5) is 24.5. The molecule has 0 aliphatic heterocycles. The monoisotopic (exact) mass is 808 g/mol. The Morgan fingerprint density at radius 1 is 0.421 bits per heavy atom. The van der Waals surface area contributed by atoms with Gasteiger partial charge in [0.05, 0.1) is 25.4 Å². The van der Waals surface area contributed by atoms with E-state index in [1.807, 2.05) is 0 Å². The Morgan fingerprint density at radius 2 is 0.719 bits per heavy atom. The van der Waals surface area contributed by atoms with Crippen molar-refractivity contribution in [1.82, 2.24) is 5.32 Å². The number of esters is 1. The summed E-state index contributed by atoms with van der Waals surface area (Å²) in [6.07, 6.45) is 52.1. The SMILES string of the molecule is CCCCCCCCCCCCCCCCCC(O)C(CO)NC(=O)CCCCCCCCCCCCCOC(=O)CCCCCCCCCCCCCCCC. The topological polar surface area (TPSA) is 95.9 Å². The van der Waals surface area contributed by atoms with Gasteiger partial charge in [-0.05, 0) is 25.7 Å². The molecule has 0 aromatic carbocycles. The van der Waals surface area contributed by atoms with E-state index in [1.54, 1.807) is 0 Å². The average Bonchev–Trinajstić information content (AvgIpc) is 3.21. The maximum absolute atomic E-state index is 12.4. The Labute approximate surface area is 356 Å². The van der Waals surface area contributed by atoms with E-state index in [0.29, 0.717) is 25.9 Å². The minimum absolute atomic E-state index is 0.0107. The van der Waals surface area contributed by atoms with E-state index in [4.69, 9.17) is 4.74 Å². The molecule has 0 saturated heterocycles. The lowest BCUT2D eigenvalue weighted by Crippen LogP contribution is -2.45. The molecule has 6 nitrogen and oxygen atoms in total. The normalized spacial score (nSPS) is 12.6. The van der Waals surface area contributed by atoms with Crippen molar-refractivity contribution < 1.29 is 24.5 Å². The van der Waals surface area contributed by atoms with Crippen molar-refractivity contribution in [3.63, 3.8) is 0 Å². The fourth-order valence-electron chi connectivity index (χ4n) is 8.17. The van der Waals surface area contributed by atoms with Gasteiger partial charge in [-0.2, -0.15) is 0 Å². The maximum atomic E-state index is 12.4. The summed E-state index contributed by atoms with van der Waals surface area (Å²) in [5.41, 5.74) is 0. The van der Waals surface area contributed by atoms with Crippen LogP contribution < -0.4 is 5.32 Å². The van der Waals surface area contributed by atoms with Crippen LogP contribution in [0.1, 0.15) is 290 Å². The van der Waals surface area contributed by atoms with E-state index in [1.165, 1.54) is 199 Å². The zero-order valence-electron chi connectivity index (χ0n) is 38.6. The minimum Gasteiger partial charge on any atom is -0.466 e. The molecule has 0 rings (SSSR count). The molecule has 3 N–H and O–H groups in total. The largest absolute Gasteiger partial charge is 0.466 e. The molecule has 0 spiro atoms. The van der Waals surface area contributed by atoms with Crippen LogP contribution in [0.2, 0.25) is 0 Å². The number of aliphatic hydroxyl groups excluding tert-OH is 2. The third kappa shape index (κ3) is 44.2. The van der Waals surface area contributed by atoms with E-state index in [2.05, 4.69) is 19.2 Å². The van der Waals surface area contributed by atoms with Crippen molar-refractivity contribution in [1.29, 1.82) is 0 Å². The zero-order chi connectivity index (χ0) is 41.5. The van der Waals surface area contributed by atoms with Crippen LogP contribution in [0.5, 0.6) is 0 Å². The van der Waals surface area contributed by atoms with Gasteiger partial charge in [-0.1, -0.05) is 251 Å². The Balaban J connectivity index is 3.45. The lowest BCUT2D eigenvalue weighted by Gasteiger charge is -2.22. The summed E-state index contributed by atoms with van der Waals surface area (Å²) in [6, 6.07) is -0.553. The molecule has 1 amide bonds. The van der Waals surface area contributed by atoms with Gasteiger partial charge in [-0.15, -0.1) is 0 Å². The molecule has 2 atom stereocenters. The summed E-state index contributed by atoms with van der Waals surface area (Å²) in [6.45, 7) is 4.93. The molecular weight excluding hydrogens is 707 g/mol. The number of carbonyl (C=O) groups excluding carboxylic acids is 2. The standard InChI is InChI=1S/C51H101NO5/c1-3-5-7-9-11-13-15-17-19-20-23-27-31-35-39-43-49(54)48(47-53)52-50(55)44-40-36-32-28-24-22-26-30-34-38-42-46-57-51(56)45-41-37-33-29-25-21-18-16-14-12-10-8-6-4-2/h48-49,53-54H,3-47H2,1-2H3,(H,52,55). The first-order chi connectivity index (χ1) is 28.0. The summed E-state index contributed by atoms with van der Waals surface area (Å²) >= 11 is 0. The molecule has 0 fully saturated rings. The number of rotatable bonds is 48. The smallest absolute Gasteiger partial charge is 0.305 e. The highest BCUT2D eigenvalue weighted by molar-refractivity contribution is 5.76. The second kappa shape index (κ2) is 47.5. The lowest BCUT2D eigenvalue weighted by atomic mass is 10.0. The van der Waals surface area contributed by atoms with Gasteiger partial charge in [-0.3, -0.25) is 9.59 Å². The van der Waals surface area contributed by atoms with Crippen molar-refractivity contribution in [2.45, 2.75) is 302 Å². The molecule has 0 aliphatic carbocycles. The molecule has 0 bridgehead atoms. The highest BCUT2D eigenvalue weighted by Gasteiger charge is 2.20. The number of amides is 1. The number of hydrogen-bond acceptors (Lipinski definition) is 5.